The van der Waals surface area contributed by atoms with Crippen molar-refractivity contribution in [2.75, 3.05) is 6.54 Å². The van der Waals surface area contributed by atoms with Crippen molar-refractivity contribution < 1.29 is 0 Å². The lowest BCUT2D eigenvalue weighted by Crippen LogP contribution is -2.13. The second-order valence-corrected chi connectivity index (χ2v) is 5.33. The third-order valence-corrected chi connectivity index (χ3v) is 3.72. The molecule has 4 nitrogen and oxygen atoms in total. The van der Waals surface area contributed by atoms with Crippen LogP contribution in [0.1, 0.15) is 24.5 Å². The number of benzene rings is 1. The first-order valence-corrected chi connectivity index (χ1v) is 7.32. The zero-order valence-electron chi connectivity index (χ0n) is 11.3. The fourth-order valence-electron chi connectivity index (χ4n) is 1.72. The van der Waals surface area contributed by atoms with E-state index in [-0.39, 0.29) is 0 Å². The van der Waals surface area contributed by atoms with Gasteiger partial charge in [0.15, 0.2) is 0 Å². The molecule has 0 aliphatic heterocycles. The lowest BCUT2D eigenvalue weighted by molar-refractivity contribution is 0.675. The summed E-state index contributed by atoms with van der Waals surface area (Å²) < 4.78 is 0. The molecule has 2 rings (SSSR count). The Labute approximate surface area is 123 Å². The molecule has 5 heteroatoms. The summed E-state index contributed by atoms with van der Waals surface area (Å²) in [6.07, 6.45) is 4.31. The summed E-state index contributed by atoms with van der Waals surface area (Å²) in [5.41, 5.74) is 1.81. The predicted molar refractivity (Wildman–Crippen MR) is 79.3 cm³/mol. The van der Waals surface area contributed by atoms with Crippen molar-refractivity contribution in [2.45, 2.75) is 29.8 Å². The van der Waals surface area contributed by atoms with E-state index in [2.05, 4.69) is 28.3 Å². The van der Waals surface area contributed by atoms with Crippen molar-refractivity contribution in [3.8, 4) is 6.07 Å². The molecule has 0 aliphatic rings. The van der Waals surface area contributed by atoms with Gasteiger partial charge in [0.1, 0.15) is 17.4 Å². The highest BCUT2D eigenvalue weighted by Gasteiger charge is 2.06. The van der Waals surface area contributed by atoms with Crippen LogP contribution in [0, 0.1) is 11.3 Å². The smallest absolute Gasteiger partial charge is 0.116 e. The van der Waals surface area contributed by atoms with Gasteiger partial charge in [0.05, 0.1) is 5.56 Å². The first-order chi connectivity index (χ1) is 9.83. The SMILES string of the molecule is CCCNCc1ccc(Sc2ccncn2)c(C#N)c1. The van der Waals surface area contributed by atoms with E-state index in [9.17, 15) is 5.26 Å². The zero-order chi connectivity index (χ0) is 14.2. The van der Waals surface area contributed by atoms with Crippen molar-refractivity contribution in [1.29, 1.82) is 5.26 Å². The highest BCUT2D eigenvalue weighted by atomic mass is 32.2. The van der Waals surface area contributed by atoms with E-state index < -0.39 is 0 Å². The first-order valence-electron chi connectivity index (χ1n) is 6.51. The molecule has 2 aromatic rings. The van der Waals surface area contributed by atoms with Crippen molar-refractivity contribution in [3.05, 3.63) is 47.9 Å². The Hall–Kier alpha value is -1.90. The Bertz CT molecular complexity index is 593. The number of nitrogens with zero attached hydrogens (tertiary/aromatic N) is 3. The Morgan fingerprint density at radius 1 is 1.35 bits per heavy atom. The van der Waals surface area contributed by atoms with Crippen molar-refractivity contribution in [3.63, 3.8) is 0 Å². The standard InChI is InChI=1S/C15H16N4S/c1-2-6-17-10-12-3-4-14(13(8-12)9-16)20-15-5-7-18-11-19-15/h3-5,7-8,11,17H,2,6,10H2,1H3. The zero-order valence-corrected chi connectivity index (χ0v) is 12.2. The van der Waals surface area contributed by atoms with Crippen LogP contribution < -0.4 is 5.32 Å². The van der Waals surface area contributed by atoms with Crippen LogP contribution in [-0.2, 0) is 6.54 Å². The molecule has 0 saturated carbocycles. The molecular formula is C15H16N4S. The molecule has 20 heavy (non-hydrogen) atoms. The van der Waals surface area contributed by atoms with Gasteiger partial charge >= 0.3 is 0 Å². The Kier molecular flexibility index (Phi) is 5.54. The topological polar surface area (TPSA) is 61.6 Å². The quantitative estimate of drug-likeness (QED) is 0.652. The number of hydrogen-bond donors (Lipinski definition) is 1. The van der Waals surface area contributed by atoms with E-state index in [1.54, 1.807) is 6.20 Å². The summed E-state index contributed by atoms with van der Waals surface area (Å²) in [7, 11) is 0. The lowest BCUT2D eigenvalue weighted by Gasteiger charge is -2.07. The molecule has 0 aliphatic carbocycles. The van der Waals surface area contributed by atoms with Gasteiger partial charge in [0, 0.05) is 17.6 Å². The van der Waals surface area contributed by atoms with E-state index in [1.807, 2.05) is 24.3 Å². The summed E-state index contributed by atoms with van der Waals surface area (Å²) in [5.74, 6) is 0. The molecule has 1 aromatic carbocycles. The largest absolute Gasteiger partial charge is 0.313 e. The molecule has 0 spiro atoms. The molecule has 0 fully saturated rings. The van der Waals surface area contributed by atoms with E-state index in [4.69, 9.17) is 0 Å². The third-order valence-electron chi connectivity index (χ3n) is 2.69. The van der Waals surface area contributed by atoms with Gasteiger partial charge in [-0.3, -0.25) is 0 Å². The Balaban J connectivity index is 2.12. The van der Waals surface area contributed by atoms with Crippen molar-refractivity contribution >= 4 is 11.8 Å². The molecule has 0 bridgehead atoms. The first kappa shape index (κ1) is 14.5. The second kappa shape index (κ2) is 7.63. The van der Waals surface area contributed by atoms with Gasteiger partial charge in [0.25, 0.3) is 0 Å². The summed E-state index contributed by atoms with van der Waals surface area (Å²) in [6, 6.07) is 10.1. The van der Waals surface area contributed by atoms with Gasteiger partial charge in [-0.1, -0.05) is 24.8 Å². The fraction of sp³-hybridized carbons (Fsp3) is 0.267. The third kappa shape index (κ3) is 4.05. The molecule has 1 heterocycles. The molecule has 0 saturated heterocycles. The Morgan fingerprint density at radius 3 is 2.95 bits per heavy atom. The van der Waals surface area contributed by atoms with Crippen LogP contribution in [0.15, 0.2) is 46.7 Å². The van der Waals surface area contributed by atoms with Crippen LogP contribution in [0.4, 0.5) is 0 Å². The maximum atomic E-state index is 9.28. The molecule has 0 radical (unpaired) electrons. The van der Waals surface area contributed by atoms with Gasteiger partial charge in [-0.2, -0.15) is 5.26 Å². The normalized spacial score (nSPS) is 10.2. The monoisotopic (exact) mass is 284 g/mol. The maximum absolute atomic E-state index is 9.28. The van der Waals surface area contributed by atoms with Gasteiger partial charge in [-0.05, 0) is 36.7 Å². The van der Waals surface area contributed by atoms with Crippen LogP contribution in [0.2, 0.25) is 0 Å². The van der Waals surface area contributed by atoms with Crippen molar-refractivity contribution in [1.82, 2.24) is 15.3 Å². The minimum atomic E-state index is 0.685. The molecule has 102 valence electrons. The molecule has 0 amide bonds. The summed E-state index contributed by atoms with van der Waals surface area (Å²) in [6.45, 7) is 3.91. The molecule has 1 aromatic heterocycles. The minimum Gasteiger partial charge on any atom is -0.313 e. The average Bonchev–Trinajstić information content (AvgIpc) is 2.50. The fourth-order valence-corrected chi connectivity index (χ4v) is 2.53. The molecule has 0 unspecified atom stereocenters. The average molecular weight is 284 g/mol. The summed E-state index contributed by atoms with van der Waals surface area (Å²) in [5, 5.41) is 13.5. The second-order valence-electron chi connectivity index (χ2n) is 4.27. The Morgan fingerprint density at radius 2 is 2.25 bits per heavy atom. The molecule has 0 atom stereocenters. The van der Waals surface area contributed by atoms with Gasteiger partial charge in [-0.15, -0.1) is 0 Å². The van der Waals surface area contributed by atoms with E-state index in [0.29, 0.717) is 5.56 Å². The van der Waals surface area contributed by atoms with Crippen LogP contribution >= 0.6 is 11.8 Å². The number of hydrogen-bond acceptors (Lipinski definition) is 5. The molecule has 1 N–H and O–H groups in total. The summed E-state index contributed by atoms with van der Waals surface area (Å²) in [4.78, 5) is 8.97. The lowest BCUT2D eigenvalue weighted by atomic mass is 10.1. The van der Waals surface area contributed by atoms with Crippen LogP contribution in [-0.4, -0.2) is 16.5 Å². The van der Waals surface area contributed by atoms with Gasteiger partial charge < -0.3 is 5.32 Å². The summed E-state index contributed by atoms with van der Waals surface area (Å²) >= 11 is 1.48. The van der Waals surface area contributed by atoms with E-state index in [0.717, 1.165) is 35.0 Å². The van der Waals surface area contributed by atoms with Gasteiger partial charge in [-0.25, -0.2) is 9.97 Å². The molecular weight excluding hydrogens is 268 g/mol. The number of nitrogens with one attached hydrogen (secondary N) is 1. The van der Waals surface area contributed by atoms with E-state index >= 15 is 0 Å². The predicted octanol–water partition coefficient (Wildman–Crippen LogP) is 3.00. The maximum Gasteiger partial charge on any atom is 0.116 e. The van der Waals surface area contributed by atoms with E-state index in [1.165, 1.54) is 18.1 Å². The van der Waals surface area contributed by atoms with Crippen LogP contribution in [0.3, 0.4) is 0 Å². The highest BCUT2D eigenvalue weighted by Crippen LogP contribution is 2.29. The highest BCUT2D eigenvalue weighted by molar-refractivity contribution is 7.99. The number of rotatable bonds is 6. The minimum absolute atomic E-state index is 0.685. The number of aromatic nitrogens is 2. The van der Waals surface area contributed by atoms with Crippen LogP contribution in [0.5, 0.6) is 0 Å². The van der Waals surface area contributed by atoms with Gasteiger partial charge in [0.2, 0.25) is 0 Å². The number of nitriles is 1. The van der Waals surface area contributed by atoms with Crippen LogP contribution in [0.25, 0.3) is 0 Å². The van der Waals surface area contributed by atoms with Crippen molar-refractivity contribution in [2.24, 2.45) is 0 Å².